The molecule has 8 nitrogen and oxygen atoms in total. The summed E-state index contributed by atoms with van der Waals surface area (Å²) in [6.45, 7) is 1.24. The van der Waals surface area contributed by atoms with Crippen LogP contribution in [0.2, 0.25) is 0 Å². The SMILES string of the molecule is CC(=O)NC(CC(=O)OCc1nnc(-c2ccco2)o1)c1ccccc1. The molecular weight excluding hydrogens is 338 g/mol. The molecule has 26 heavy (non-hydrogen) atoms. The van der Waals surface area contributed by atoms with Crippen molar-refractivity contribution < 1.29 is 23.2 Å². The van der Waals surface area contributed by atoms with Crippen molar-refractivity contribution in [2.75, 3.05) is 0 Å². The van der Waals surface area contributed by atoms with Gasteiger partial charge in [-0.15, -0.1) is 10.2 Å². The molecule has 1 aromatic carbocycles. The molecule has 0 aliphatic heterocycles. The first-order chi connectivity index (χ1) is 12.6. The minimum absolute atomic E-state index is 0.0111. The number of carbonyl (C=O) groups excluding carboxylic acids is 2. The van der Waals surface area contributed by atoms with Crippen molar-refractivity contribution in [1.82, 2.24) is 15.5 Å². The second-order valence-corrected chi connectivity index (χ2v) is 5.51. The zero-order chi connectivity index (χ0) is 18.4. The summed E-state index contributed by atoms with van der Waals surface area (Å²) in [5, 5.41) is 10.4. The highest BCUT2D eigenvalue weighted by molar-refractivity contribution is 5.76. The van der Waals surface area contributed by atoms with Crippen LogP contribution >= 0.6 is 0 Å². The largest absolute Gasteiger partial charge is 0.459 e. The van der Waals surface area contributed by atoms with Gasteiger partial charge in [-0.2, -0.15) is 0 Å². The summed E-state index contributed by atoms with van der Waals surface area (Å²) in [4.78, 5) is 23.5. The molecule has 0 bridgehead atoms. The quantitative estimate of drug-likeness (QED) is 0.649. The van der Waals surface area contributed by atoms with Crippen LogP contribution in [0.25, 0.3) is 11.7 Å². The van der Waals surface area contributed by atoms with E-state index in [1.807, 2.05) is 30.3 Å². The van der Waals surface area contributed by atoms with E-state index in [0.717, 1.165) is 5.56 Å². The van der Waals surface area contributed by atoms with Gasteiger partial charge in [-0.3, -0.25) is 9.59 Å². The summed E-state index contributed by atoms with van der Waals surface area (Å²) in [6.07, 6.45) is 1.48. The molecule has 1 atom stereocenters. The first kappa shape index (κ1) is 17.4. The highest BCUT2D eigenvalue weighted by atomic mass is 16.5. The molecule has 1 unspecified atom stereocenters. The lowest BCUT2D eigenvalue weighted by Crippen LogP contribution is -2.28. The van der Waals surface area contributed by atoms with Gasteiger partial charge in [0.05, 0.1) is 18.7 Å². The van der Waals surface area contributed by atoms with E-state index in [0.29, 0.717) is 5.76 Å². The van der Waals surface area contributed by atoms with Gasteiger partial charge in [-0.1, -0.05) is 30.3 Å². The Labute approximate surface area is 149 Å². The van der Waals surface area contributed by atoms with Gasteiger partial charge in [0.25, 0.3) is 11.8 Å². The third kappa shape index (κ3) is 4.56. The summed E-state index contributed by atoms with van der Waals surface area (Å²) < 4.78 is 15.7. The van der Waals surface area contributed by atoms with E-state index in [9.17, 15) is 9.59 Å². The van der Waals surface area contributed by atoms with Gasteiger partial charge in [0, 0.05) is 6.92 Å². The molecule has 2 aromatic heterocycles. The molecule has 3 aromatic rings. The predicted molar refractivity (Wildman–Crippen MR) is 89.4 cm³/mol. The lowest BCUT2D eigenvalue weighted by molar-refractivity contribution is -0.146. The molecule has 8 heteroatoms. The molecule has 2 heterocycles. The number of furan rings is 1. The van der Waals surface area contributed by atoms with Gasteiger partial charge in [-0.25, -0.2) is 0 Å². The van der Waals surface area contributed by atoms with E-state index < -0.39 is 12.0 Å². The van der Waals surface area contributed by atoms with Crippen LogP contribution in [0.4, 0.5) is 0 Å². The molecule has 134 valence electrons. The fourth-order valence-corrected chi connectivity index (χ4v) is 2.36. The number of nitrogens with zero attached hydrogens (tertiary/aromatic N) is 2. The van der Waals surface area contributed by atoms with Crippen molar-refractivity contribution in [1.29, 1.82) is 0 Å². The number of carbonyl (C=O) groups is 2. The van der Waals surface area contributed by atoms with Crippen LogP contribution in [0.5, 0.6) is 0 Å². The minimum Gasteiger partial charge on any atom is -0.459 e. The van der Waals surface area contributed by atoms with Gasteiger partial charge in [0.2, 0.25) is 5.91 Å². The van der Waals surface area contributed by atoms with E-state index in [4.69, 9.17) is 13.6 Å². The number of esters is 1. The van der Waals surface area contributed by atoms with Crippen LogP contribution in [0.3, 0.4) is 0 Å². The predicted octanol–water partition coefficient (Wildman–Crippen LogP) is 2.64. The van der Waals surface area contributed by atoms with Gasteiger partial charge < -0.3 is 18.9 Å². The number of aromatic nitrogens is 2. The molecule has 3 rings (SSSR count). The van der Waals surface area contributed by atoms with Crippen LogP contribution in [-0.4, -0.2) is 22.1 Å². The standard InChI is InChI=1S/C18H17N3O5/c1-12(22)19-14(13-6-3-2-4-7-13)10-17(23)25-11-16-20-21-18(26-16)15-8-5-9-24-15/h2-9,14H,10-11H2,1H3,(H,19,22). The molecule has 0 radical (unpaired) electrons. The molecule has 1 N–H and O–H groups in total. The average molecular weight is 355 g/mol. The van der Waals surface area contributed by atoms with E-state index in [1.165, 1.54) is 13.2 Å². The van der Waals surface area contributed by atoms with Crippen LogP contribution in [0.15, 0.2) is 57.6 Å². The van der Waals surface area contributed by atoms with Gasteiger partial charge in [0.1, 0.15) is 0 Å². The molecule has 0 fully saturated rings. The number of nitrogens with one attached hydrogen (secondary N) is 1. The summed E-state index contributed by atoms with van der Waals surface area (Å²) in [5.74, 6) is 0.0730. The maximum Gasteiger partial charge on any atom is 0.308 e. The Hall–Kier alpha value is -3.42. The zero-order valence-corrected chi connectivity index (χ0v) is 14.0. The van der Waals surface area contributed by atoms with Crippen molar-refractivity contribution in [3.63, 3.8) is 0 Å². The zero-order valence-electron chi connectivity index (χ0n) is 14.0. The Kier molecular flexibility index (Phi) is 5.43. The monoisotopic (exact) mass is 355 g/mol. The minimum atomic E-state index is -0.495. The lowest BCUT2D eigenvalue weighted by Gasteiger charge is -2.17. The van der Waals surface area contributed by atoms with Crippen LogP contribution in [0, 0.1) is 0 Å². The van der Waals surface area contributed by atoms with E-state index in [-0.39, 0.29) is 30.7 Å². The molecule has 0 aliphatic rings. The maximum atomic E-state index is 12.1. The van der Waals surface area contributed by atoms with Crippen LogP contribution in [0.1, 0.15) is 30.8 Å². The second-order valence-electron chi connectivity index (χ2n) is 5.51. The molecule has 0 saturated heterocycles. The molecule has 0 aliphatic carbocycles. The highest BCUT2D eigenvalue weighted by Crippen LogP contribution is 2.19. The Morgan fingerprint density at radius 3 is 2.65 bits per heavy atom. The fourth-order valence-electron chi connectivity index (χ4n) is 2.36. The number of rotatable bonds is 7. The highest BCUT2D eigenvalue weighted by Gasteiger charge is 2.19. The molecular formula is C18H17N3O5. The third-order valence-electron chi connectivity index (χ3n) is 3.51. The van der Waals surface area contributed by atoms with Crippen LogP contribution in [-0.2, 0) is 20.9 Å². The maximum absolute atomic E-state index is 12.1. The number of benzene rings is 1. The summed E-state index contributed by atoms with van der Waals surface area (Å²) in [6, 6.07) is 12.1. The Morgan fingerprint density at radius 2 is 1.96 bits per heavy atom. The summed E-state index contributed by atoms with van der Waals surface area (Å²) >= 11 is 0. The summed E-state index contributed by atoms with van der Waals surface area (Å²) in [5.41, 5.74) is 0.817. The number of ether oxygens (including phenoxy) is 1. The molecule has 0 spiro atoms. The van der Waals surface area contributed by atoms with E-state index in [1.54, 1.807) is 12.1 Å². The van der Waals surface area contributed by atoms with E-state index in [2.05, 4.69) is 15.5 Å². The van der Waals surface area contributed by atoms with Gasteiger partial charge in [-0.05, 0) is 17.7 Å². The normalized spacial score (nSPS) is 11.7. The van der Waals surface area contributed by atoms with E-state index >= 15 is 0 Å². The van der Waals surface area contributed by atoms with Gasteiger partial charge >= 0.3 is 5.97 Å². The third-order valence-corrected chi connectivity index (χ3v) is 3.51. The second kappa shape index (κ2) is 8.11. The van der Waals surface area contributed by atoms with Crippen LogP contribution < -0.4 is 5.32 Å². The average Bonchev–Trinajstić information content (AvgIpc) is 3.31. The number of hydrogen-bond donors (Lipinski definition) is 1. The first-order valence-corrected chi connectivity index (χ1v) is 7.96. The Bertz CT molecular complexity index is 858. The fraction of sp³-hybridized carbons (Fsp3) is 0.222. The molecule has 1 amide bonds. The first-order valence-electron chi connectivity index (χ1n) is 7.96. The van der Waals surface area contributed by atoms with Crippen molar-refractivity contribution in [3.8, 4) is 11.7 Å². The topological polar surface area (TPSA) is 107 Å². The lowest BCUT2D eigenvalue weighted by atomic mass is 10.0. The van der Waals surface area contributed by atoms with Gasteiger partial charge in [0.15, 0.2) is 12.4 Å². The number of amides is 1. The number of hydrogen-bond acceptors (Lipinski definition) is 7. The van der Waals surface area contributed by atoms with Crippen molar-refractivity contribution in [2.24, 2.45) is 0 Å². The Morgan fingerprint density at radius 1 is 1.15 bits per heavy atom. The van der Waals surface area contributed by atoms with Crippen molar-refractivity contribution >= 4 is 11.9 Å². The molecule has 0 saturated carbocycles. The Balaban J connectivity index is 1.57. The summed E-state index contributed by atoms with van der Waals surface area (Å²) in [7, 11) is 0. The van der Waals surface area contributed by atoms with Crippen molar-refractivity contribution in [2.45, 2.75) is 26.0 Å². The van der Waals surface area contributed by atoms with Crippen molar-refractivity contribution in [3.05, 3.63) is 60.2 Å². The smallest absolute Gasteiger partial charge is 0.308 e.